The van der Waals surface area contributed by atoms with Crippen LogP contribution in [0.15, 0.2) is 18.2 Å². The van der Waals surface area contributed by atoms with Crippen LogP contribution in [0.4, 0.5) is 0 Å². The van der Waals surface area contributed by atoms with E-state index in [0.29, 0.717) is 0 Å². The summed E-state index contributed by atoms with van der Waals surface area (Å²) in [5.41, 5.74) is 1.10. The van der Waals surface area contributed by atoms with Gasteiger partial charge in [-0.25, -0.2) is 0 Å². The highest BCUT2D eigenvalue weighted by Gasteiger charge is 2.07. The predicted octanol–water partition coefficient (Wildman–Crippen LogP) is 2.64. The zero-order valence-corrected chi connectivity index (χ0v) is 8.33. The van der Waals surface area contributed by atoms with Crippen molar-refractivity contribution in [1.29, 1.82) is 0 Å². The summed E-state index contributed by atoms with van der Waals surface area (Å²) in [4.78, 5) is 0. The number of methoxy groups -OCH3 is 2. The van der Waals surface area contributed by atoms with E-state index in [1.165, 1.54) is 0 Å². The van der Waals surface area contributed by atoms with Crippen molar-refractivity contribution in [2.75, 3.05) is 14.2 Å². The van der Waals surface area contributed by atoms with E-state index in [2.05, 4.69) is 6.92 Å². The van der Waals surface area contributed by atoms with E-state index in [0.717, 1.165) is 17.1 Å². The van der Waals surface area contributed by atoms with Gasteiger partial charge in [-0.3, -0.25) is 0 Å². The van der Waals surface area contributed by atoms with E-state index >= 15 is 0 Å². The highest BCUT2D eigenvalue weighted by atomic mass is 16.5. The Morgan fingerprint density at radius 2 is 1.92 bits per heavy atom. The quantitative estimate of drug-likeness (QED) is 0.710. The average molecular weight is 179 g/mol. The molecular formula is C11H15O2. The van der Waals surface area contributed by atoms with Crippen molar-refractivity contribution in [3.05, 3.63) is 30.7 Å². The fourth-order valence-corrected chi connectivity index (χ4v) is 1.23. The molecule has 0 fully saturated rings. The van der Waals surface area contributed by atoms with Crippen molar-refractivity contribution in [1.82, 2.24) is 0 Å². The van der Waals surface area contributed by atoms with Crippen LogP contribution < -0.4 is 9.47 Å². The van der Waals surface area contributed by atoms with Crippen molar-refractivity contribution < 1.29 is 9.47 Å². The van der Waals surface area contributed by atoms with Crippen LogP contribution in [-0.2, 0) is 0 Å². The van der Waals surface area contributed by atoms with Crippen molar-refractivity contribution >= 4 is 0 Å². The molecule has 0 amide bonds. The van der Waals surface area contributed by atoms with Crippen molar-refractivity contribution in [2.24, 2.45) is 0 Å². The van der Waals surface area contributed by atoms with Crippen molar-refractivity contribution in [3.63, 3.8) is 0 Å². The number of rotatable bonds is 3. The second-order valence-corrected chi connectivity index (χ2v) is 3.01. The maximum absolute atomic E-state index is 5.23. The zero-order valence-electron chi connectivity index (χ0n) is 8.33. The summed E-state index contributed by atoms with van der Waals surface area (Å²) in [5.74, 6) is 1.86. The third-order valence-electron chi connectivity index (χ3n) is 1.97. The fraction of sp³-hybridized carbons (Fsp3) is 0.364. The first-order valence-electron chi connectivity index (χ1n) is 4.24. The molecule has 0 aliphatic heterocycles. The molecule has 1 aromatic carbocycles. The first kappa shape index (κ1) is 9.90. The maximum Gasteiger partial charge on any atom is 0.126 e. The number of hydrogen-bond acceptors (Lipinski definition) is 2. The molecule has 0 N–H and O–H groups in total. The second-order valence-electron chi connectivity index (χ2n) is 3.01. The van der Waals surface area contributed by atoms with Gasteiger partial charge in [0.05, 0.1) is 14.2 Å². The van der Waals surface area contributed by atoms with Crippen LogP contribution >= 0.6 is 0 Å². The first-order valence-corrected chi connectivity index (χ1v) is 4.24. The smallest absolute Gasteiger partial charge is 0.126 e. The summed E-state index contributed by atoms with van der Waals surface area (Å²) in [5, 5.41) is 0. The first-order chi connectivity index (χ1) is 6.19. The van der Waals surface area contributed by atoms with Gasteiger partial charge in [0.2, 0.25) is 0 Å². The van der Waals surface area contributed by atoms with Gasteiger partial charge in [-0.2, -0.15) is 0 Å². The summed E-state index contributed by atoms with van der Waals surface area (Å²) < 4.78 is 10.3. The second kappa shape index (κ2) is 4.17. The standard InChI is InChI=1S/C11H15O2/c1-8(2)10-6-5-9(12-3)7-11(10)13-4/h5-8H,1H2,2-4H3. The number of ether oxygens (including phenoxy) is 2. The summed E-state index contributed by atoms with van der Waals surface area (Å²) >= 11 is 0. The summed E-state index contributed by atoms with van der Waals surface area (Å²) in [6.07, 6.45) is 0. The Morgan fingerprint density at radius 3 is 2.38 bits per heavy atom. The molecule has 71 valence electrons. The van der Waals surface area contributed by atoms with Crippen LogP contribution in [0.1, 0.15) is 18.4 Å². The highest BCUT2D eigenvalue weighted by Crippen LogP contribution is 2.29. The number of hydrogen-bond donors (Lipinski definition) is 0. The molecule has 0 saturated carbocycles. The molecule has 2 nitrogen and oxygen atoms in total. The largest absolute Gasteiger partial charge is 0.497 e. The van der Waals surface area contributed by atoms with Crippen molar-refractivity contribution in [3.8, 4) is 11.5 Å². The predicted molar refractivity (Wildman–Crippen MR) is 53.3 cm³/mol. The lowest BCUT2D eigenvalue weighted by Gasteiger charge is -2.12. The minimum atomic E-state index is 0.223. The zero-order chi connectivity index (χ0) is 9.84. The summed E-state index contributed by atoms with van der Waals surface area (Å²) in [6, 6.07) is 5.77. The van der Waals surface area contributed by atoms with Gasteiger partial charge in [0, 0.05) is 6.07 Å². The Labute approximate surface area is 79.5 Å². The molecule has 0 heterocycles. The molecule has 0 aliphatic rings. The Hall–Kier alpha value is -1.18. The molecule has 1 unspecified atom stereocenters. The van der Waals surface area contributed by atoms with Gasteiger partial charge < -0.3 is 9.47 Å². The summed E-state index contributed by atoms with van der Waals surface area (Å²) in [6.45, 7) is 5.98. The van der Waals surface area contributed by atoms with E-state index in [9.17, 15) is 0 Å². The topological polar surface area (TPSA) is 18.5 Å². The molecule has 1 rings (SSSR count). The Morgan fingerprint density at radius 1 is 1.23 bits per heavy atom. The van der Waals surface area contributed by atoms with E-state index in [-0.39, 0.29) is 5.92 Å². The molecule has 0 aliphatic carbocycles. The average Bonchev–Trinajstić information content (AvgIpc) is 2.16. The van der Waals surface area contributed by atoms with Crippen LogP contribution in [0.5, 0.6) is 11.5 Å². The third kappa shape index (κ3) is 2.14. The monoisotopic (exact) mass is 179 g/mol. The normalized spacial score (nSPS) is 10.2. The lowest BCUT2D eigenvalue weighted by molar-refractivity contribution is 0.390. The van der Waals surface area contributed by atoms with Gasteiger partial charge >= 0.3 is 0 Å². The molecule has 0 aromatic heterocycles. The molecule has 0 spiro atoms. The van der Waals surface area contributed by atoms with Gasteiger partial charge in [-0.15, -0.1) is 0 Å². The summed E-state index contributed by atoms with van der Waals surface area (Å²) in [7, 11) is 3.29. The Balaban J connectivity index is 3.08. The lowest BCUT2D eigenvalue weighted by atomic mass is 10.0. The Kier molecular flexibility index (Phi) is 3.18. The van der Waals surface area contributed by atoms with Gasteiger partial charge in [0.15, 0.2) is 0 Å². The van der Waals surface area contributed by atoms with Gasteiger partial charge in [0.1, 0.15) is 11.5 Å². The van der Waals surface area contributed by atoms with E-state index in [1.54, 1.807) is 14.2 Å². The minimum Gasteiger partial charge on any atom is -0.497 e. The van der Waals surface area contributed by atoms with E-state index < -0.39 is 0 Å². The van der Waals surface area contributed by atoms with Crippen LogP contribution in [0, 0.1) is 6.92 Å². The SMILES string of the molecule is [CH2]C(C)c1ccc(OC)cc1OC. The van der Waals surface area contributed by atoms with Gasteiger partial charge in [-0.05, 0) is 24.5 Å². The molecule has 0 saturated heterocycles. The maximum atomic E-state index is 5.23. The van der Waals surface area contributed by atoms with Gasteiger partial charge in [-0.1, -0.05) is 13.0 Å². The third-order valence-corrected chi connectivity index (χ3v) is 1.97. The fourth-order valence-electron chi connectivity index (χ4n) is 1.23. The molecule has 13 heavy (non-hydrogen) atoms. The molecule has 2 heteroatoms. The van der Waals surface area contributed by atoms with E-state index in [1.807, 2.05) is 25.1 Å². The minimum absolute atomic E-state index is 0.223. The Bertz CT molecular complexity index is 279. The van der Waals surface area contributed by atoms with Crippen LogP contribution in [-0.4, -0.2) is 14.2 Å². The van der Waals surface area contributed by atoms with Gasteiger partial charge in [0.25, 0.3) is 0 Å². The van der Waals surface area contributed by atoms with Crippen LogP contribution in [0.2, 0.25) is 0 Å². The number of benzene rings is 1. The molecule has 1 aromatic rings. The van der Waals surface area contributed by atoms with E-state index in [4.69, 9.17) is 9.47 Å². The highest BCUT2D eigenvalue weighted by molar-refractivity contribution is 5.42. The molecule has 0 bridgehead atoms. The van der Waals surface area contributed by atoms with Crippen LogP contribution in [0.3, 0.4) is 0 Å². The molecule has 1 atom stereocenters. The van der Waals surface area contributed by atoms with Crippen LogP contribution in [0.25, 0.3) is 0 Å². The molecular weight excluding hydrogens is 164 g/mol. The van der Waals surface area contributed by atoms with Crippen molar-refractivity contribution in [2.45, 2.75) is 12.8 Å². The lowest BCUT2D eigenvalue weighted by Crippen LogP contribution is -1.95. The molecule has 1 radical (unpaired) electrons.